The Balaban J connectivity index is 0. The Morgan fingerprint density at radius 2 is 1.71 bits per heavy atom. The Kier molecular flexibility index (Phi) is 7.56. The van der Waals surface area contributed by atoms with Crippen LogP contribution in [-0.2, 0) is 14.1 Å². The molecule has 0 saturated heterocycles. The number of halogens is 1. The quantitative estimate of drug-likeness (QED) is 0.493. The number of rotatable bonds is 1. The first-order valence-electron chi connectivity index (χ1n) is 0.837. The number of hydrogen-bond donors (Lipinski definition) is 1. The Bertz CT molecular complexity index is 114. The second kappa shape index (κ2) is 4.60. The van der Waals surface area contributed by atoms with Gasteiger partial charge < -0.3 is 0 Å². The van der Waals surface area contributed by atoms with Crippen LogP contribution in [-0.4, -0.2) is 61.9 Å². The van der Waals surface area contributed by atoms with Crippen LogP contribution < -0.4 is 0 Å². The molecule has 0 spiro atoms. The molecule has 0 aliphatic rings. The van der Waals surface area contributed by atoms with Crippen molar-refractivity contribution in [1.29, 1.82) is 0 Å². The zero-order valence-corrected chi connectivity index (χ0v) is 4.03. The summed E-state index contributed by atoms with van der Waals surface area (Å²) in [6, 6.07) is 0. The molecule has 0 radical (unpaired) electrons. The predicted octanol–water partition coefficient (Wildman–Crippen LogP) is -0.957. The van der Waals surface area contributed by atoms with Gasteiger partial charge in [-0.2, -0.15) is 8.42 Å². The van der Waals surface area contributed by atoms with Crippen LogP contribution in [0.4, 0.5) is 0 Å². The summed E-state index contributed by atoms with van der Waals surface area (Å²) in [5.74, 6) is 0. The Labute approximate surface area is 86.4 Å². The standard InChI is InChI=1S/Ba.ClHO4S.2H/c;1-5-6(2,3)4;;/h;(H,2,3,4);;. The van der Waals surface area contributed by atoms with E-state index in [0.717, 1.165) is 0 Å². The van der Waals surface area contributed by atoms with Crippen molar-refractivity contribution in [1.82, 2.24) is 0 Å². The van der Waals surface area contributed by atoms with Crippen LogP contribution in [0.2, 0.25) is 0 Å². The van der Waals surface area contributed by atoms with Crippen molar-refractivity contribution < 1.29 is 16.7 Å². The van der Waals surface area contributed by atoms with Crippen LogP contribution in [0, 0.1) is 0 Å². The van der Waals surface area contributed by atoms with Crippen molar-refractivity contribution in [2.75, 3.05) is 0 Å². The minimum absolute atomic E-state index is 0. The fraction of sp³-hybridized carbons (Fsp3) is 0. The Morgan fingerprint density at radius 1 is 1.57 bits per heavy atom. The molecule has 0 amide bonds. The van der Waals surface area contributed by atoms with E-state index in [-0.39, 0.29) is 48.9 Å². The summed E-state index contributed by atoms with van der Waals surface area (Å²) in [6.07, 6.45) is 0. The molecule has 0 heterocycles. The van der Waals surface area contributed by atoms with E-state index in [9.17, 15) is 8.42 Å². The molecule has 4 nitrogen and oxygen atoms in total. The molecule has 0 bridgehead atoms. The first-order chi connectivity index (χ1) is 2.56. The van der Waals surface area contributed by atoms with E-state index < -0.39 is 10.4 Å². The van der Waals surface area contributed by atoms with Gasteiger partial charge in [0.2, 0.25) is 0 Å². The summed E-state index contributed by atoms with van der Waals surface area (Å²) in [5.41, 5.74) is 0. The zero-order chi connectivity index (χ0) is 5.21. The van der Waals surface area contributed by atoms with Gasteiger partial charge in [0, 0.05) is 0 Å². The molecule has 0 unspecified atom stereocenters. The molecule has 0 aromatic rings. The van der Waals surface area contributed by atoms with E-state index in [4.69, 9.17) is 4.55 Å². The molecule has 7 heavy (non-hydrogen) atoms. The first kappa shape index (κ1) is 11.5. The molecule has 0 atom stereocenters. The summed E-state index contributed by atoms with van der Waals surface area (Å²) < 4.78 is 28.8. The van der Waals surface area contributed by atoms with E-state index in [0.29, 0.717) is 0 Å². The van der Waals surface area contributed by atoms with Crippen molar-refractivity contribution >= 4 is 71.1 Å². The monoisotopic (exact) mass is 272 g/mol. The van der Waals surface area contributed by atoms with Gasteiger partial charge in [-0.1, -0.05) is 0 Å². The molecule has 0 rings (SSSR count). The molecule has 0 aromatic heterocycles. The van der Waals surface area contributed by atoms with Gasteiger partial charge in [0.1, 0.15) is 0 Å². The average Bonchev–Trinajstić information content (AvgIpc) is 1.35. The molecular weight excluding hydrogens is 269 g/mol. The molecule has 0 aliphatic carbocycles. The van der Waals surface area contributed by atoms with E-state index in [1.807, 2.05) is 0 Å². The maximum absolute atomic E-state index is 9.20. The summed E-state index contributed by atoms with van der Waals surface area (Å²) in [5, 5.41) is 0. The van der Waals surface area contributed by atoms with Gasteiger partial charge in [-0.25, -0.2) is 0 Å². The topological polar surface area (TPSA) is 63.6 Å². The molecule has 0 fully saturated rings. The summed E-state index contributed by atoms with van der Waals surface area (Å²) in [7, 11) is -4.40. The van der Waals surface area contributed by atoms with Crippen LogP contribution in [0.15, 0.2) is 0 Å². The third-order valence-electron chi connectivity index (χ3n) is 0.0796. The second-order valence-electron chi connectivity index (χ2n) is 0.491. The fourth-order valence-electron chi connectivity index (χ4n) is 0. The van der Waals surface area contributed by atoms with Gasteiger partial charge in [0.05, 0.1) is 11.9 Å². The van der Waals surface area contributed by atoms with Gasteiger partial charge in [-0.05, 0) is 0 Å². The normalized spacial score (nSPS) is 10.0. The molecule has 0 aliphatic heterocycles. The molecule has 7 heteroatoms. The number of hydrogen-bond acceptors (Lipinski definition) is 3. The Morgan fingerprint density at radius 3 is 1.71 bits per heavy atom. The predicted molar refractivity (Wildman–Crippen MR) is 27.0 cm³/mol. The second-order valence-corrected chi connectivity index (χ2v) is 1.85. The van der Waals surface area contributed by atoms with Gasteiger partial charge >= 0.3 is 59.3 Å². The molecule has 42 valence electrons. The van der Waals surface area contributed by atoms with Gasteiger partial charge in [-0.3, -0.25) is 4.55 Å². The SMILES string of the molecule is O=S(=O)(O)OCl.[BaH2]. The third-order valence-corrected chi connectivity index (χ3v) is 0.716. The van der Waals surface area contributed by atoms with Crippen molar-refractivity contribution in [2.45, 2.75) is 0 Å². The van der Waals surface area contributed by atoms with Crippen LogP contribution in [0.25, 0.3) is 0 Å². The third kappa shape index (κ3) is 11.3. The van der Waals surface area contributed by atoms with Crippen LogP contribution in [0.3, 0.4) is 0 Å². The first-order valence-corrected chi connectivity index (χ1v) is 2.51. The average molecular weight is 272 g/mol. The minimum atomic E-state index is -4.40. The van der Waals surface area contributed by atoms with Crippen molar-refractivity contribution in [3.8, 4) is 0 Å². The van der Waals surface area contributed by atoms with Crippen LogP contribution in [0.5, 0.6) is 0 Å². The molecule has 0 aromatic carbocycles. The van der Waals surface area contributed by atoms with Crippen molar-refractivity contribution in [3.63, 3.8) is 0 Å². The maximum atomic E-state index is 9.20. The molecule has 0 saturated carbocycles. The van der Waals surface area contributed by atoms with Gasteiger partial charge in [0.15, 0.2) is 0 Å². The molecule has 1 N–H and O–H groups in total. The fourth-order valence-corrected chi connectivity index (χ4v) is 0. The van der Waals surface area contributed by atoms with E-state index >= 15 is 0 Å². The summed E-state index contributed by atoms with van der Waals surface area (Å²) in [6.45, 7) is 0. The summed E-state index contributed by atoms with van der Waals surface area (Å²) >= 11 is 4.14. The van der Waals surface area contributed by atoms with E-state index in [1.165, 1.54) is 0 Å². The van der Waals surface area contributed by atoms with E-state index in [1.54, 1.807) is 0 Å². The van der Waals surface area contributed by atoms with Crippen LogP contribution >= 0.6 is 11.9 Å². The van der Waals surface area contributed by atoms with Crippen molar-refractivity contribution in [3.05, 3.63) is 0 Å². The van der Waals surface area contributed by atoms with Gasteiger partial charge in [-0.15, -0.1) is 3.74 Å². The molecular formula is H3BaClO4S. The van der Waals surface area contributed by atoms with E-state index in [2.05, 4.69) is 15.6 Å². The Hall–Kier alpha value is 1.73. The zero-order valence-electron chi connectivity index (χ0n) is 2.46. The van der Waals surface area contributed by atoms with Crippen LogP contribution in [0.1, 0.15) is 0 Å². The van der Waals surface area contributed by atoms with Crippen molar-refractivity contribution in [2.24, 2.45) is 0 Å². The summed E-state index contributed by atoms with van der Waals surface area (Å²) in [4.78, 5) is 0. The van der Waals surface area contributed by atoms with Gasteiger partial charge in [0.25, 0.3) is 0 Å².